The van der Waals surface area contributed by atoms with Crippen LogP contribution in [0.2, 0.25) is 0 Å². The number of aliphatic carboxylic acids is 1. The summed E-state index contributed by atoms with van der Waals surface area (Å²) in [6.07, 6.45) is 3.95. The number of carbonyl (C=O) groups excluding carboxylic acids is 1. The second-order valence-electron chi connectivity index (χ2n) is 4.82. The minimum absolute atomic E-state index is 0.185. The predicted octanol–water partition coefficient (Wildman–Crippen LogP) is 1.38. The van der Waals surface area contributed by atoms with Gasteiger partial charge in [0.25, 0.3) is 0 Å². The van der Waals surface area contributed by atoms with Crippen LogP contribution < -0.4 is 5.32 Å². The molecule has 1 heterocycles. The standard InChI is InChI=1S/C11H20NO7PS2/c13-10(4-2-1-3-8-5-6-21-22-8)12-9(11(14)15)7-19-20(16,17)18/h8-9H,1-7H2,(H,12,13)(H,14,15)(H2,16,17,18)/t8-,9+/m1/s1. The fraction of sp³-hybridized carbons (Fsp3) is 0.818. The number of rotatable bonds is 10. The molecule has 22 heavy (non-hydrogen) atoms. The fourth-order valence-electron chi connectivity index (χ4n) is 1.83. The second kappa shape index (κ2) is 9.79. The molecular formula is C11H20NO7PS2. The highest BCUT2D eigenvalue weighted by Gasteiger charge is 2.24. The van der Waals surface area contributed by atoms with Crippen LogP contribution >= 0.6 is 29.4 Å². The highest BCUT2D eigenvalue weighted by atomic mass is 33.1. The molecule has 0 saturated carbocycles. The Kier molecular flexibility index (Phi) is 8.81. The van der Waals surface area contributed by atoms with Crippen molar-refractivity contribution in [1.82, 2.24) is 5.32 Å². The third-order valence-corrected chi connectivity index (χ3v) is 6.44. The maximum atomic E-state index is 11.6. The van der Waals surface area contributed by atoms with E-state index >= 15 is 0 Å². The van der Waals surface area contributed by atoms with E-state index in [9.17, 15) is 14.2 Å². The first-order valence-corrected chi connectivity index (χ1v) is 10.7. The number of nitrogens with one attached hydrogen (secondary N) is 1. The van der Waals surface area contributed by atoms with E-state index < -0.39 is 32.3 Å². The minimum Gasteiger partial charge on any atom is -0.480 e. The van der Waals surface area contributed by atoms with Crippen molar-refractivity contribution in [2.45, 2.75) is 43.4 Å². The molecule has 1 rings (SSSR count). The third kappa shape index (κ3) is 9.02. The molecule has 8 nitrogen and oxygen atoms in total. The van der Waals surface area contributed by atoms with E-state index in [0.717, 1.165) is 18.6 Å². The van der Waals surface area contributed by atoms with Crippen LogP contribution in [-0.4, -0.2) is 50.4 Å². The van der Waals surface area contributed by atoms with Gasteiger partial charge in [0.15, 0.2) is 6.04 Å². The van der Waals surface area contributed by atoms with Crippen molar-refractivity contribution in [3.8, 4) is 0 Å². The van der Waals surface area contributed by atoms with Crippen molar-refractivity contribution in [1.29, 1.82) is 0 Å². The maximum Gasteiger partial charge on any atom is 0.469 e. The first-order valence-electron chi connectivity index (χ1n) is 6.78. The molecule has 1 aliphatic heterocycles. The summed E-state index contributed by atoms with van der Waals surface area (Å²) < 4.78 is 14.7. The van der Waals surface area contributed by atoms with Gasteiger partial charge in [0.1, 0.15) is 0 Å². The van der Waals surface area contributed by atoms with Gasteiger partial charge in [-0.25, -0.2) is 9.36 Å². The molecule has 1 aliphatic rings. The lowest BCUT2D eigenvalue weighted by Crippen LogP contribution is -2.43. The molecule has 0 aromatic rings. The maximum absolute atomic E-state index is 11.6. The van der Waals surface area contributed by atoms with Gasteiger partial charge >= 0.3 is 13.8 Å². The Morgan fingerprint density at radius 1 is 1.36 bits per heavy atom. The summed E-state index contributed by atoms with van der Waals surface area (Å²) in [6.45, 7) is -0.776. The monoisotopic (exact) mass is 373 g/mol. The largest absolute Gasteiger partial charge is 0.480 e. The molecule has 0 radical (unpaired) electrons. The summed E-state index contributed by atoms with van der Waals surface area (Å²) in [6, 6.07) is -1.47. The van der Waals surface area contributed by atoms with Gasteiger partial charge in [-0.3, -0.25) is 9.32 Å². The lowest BCUT2D eigenvalue weighted by molar-refractivity contribution is -0.142. The quantitative estimate of drug-likeness (QED) is 0.254. The van der Waals surface area contributed by atoms with Gasteiger partial charge in [0.2, 0.25) is 5.91 Å². The molecule has 0 unspecified atom stereocenters. The molecule has 0 aromatic heterocycles. The number of hydrogen-bond donors (Lipinski definition) is 4. The Bertz CT molecular complexity index is 425. The summed E-state index contributed by atoms with van der Waals surface area (Å²) in [5.41, 5.74) is 0. The van der Waals surface area contributed by atoms with Crippen molar-refractivity contribution in [3.63, 3.8) is 0 Å². The summed E-state index contributed by atoms with van der Waals surface area (Å²) >= 11 is 0. The normalized spacial score (nSPS) is 19.8. The Morgan fingerprint density at radius 2 is 2.09 bits per heavy atom. The Labute approximate surface area is 136 Å². The zero-order valence-corrected chi connectivity index (χ0v) is 14.4. The Hall–Kier alpha value is -0.250. The molecule has 1 fully saturated rings. The molecule has 1 amide bonds. The molecule has 0 spiro atoms. The van der Waals surface area contributed by atoms with Crippen LogP contribution in [0.4, 0.5) is 0 Å². The van der Waals surface area contributed by atoms with Crippen molar-refractivity contribution < 1.29 is 33.6 Å². The average Bonchev–Trinajstić information content (AvgIpc) is 2.91. The van der Waals surface area contributed by atoms with Crippen LogP contribution in [0, 0.1) is 0 Å². The van der Waals surface area contributed by atoms with Gasteiger partial charge in [-0.2, -0.15) is 0 Å². The molecule has 0 bridgehead atoms. The van der Waals surface area contributed by atoms with E-state index in [-0.39, 0.29) is 6.42 Å². The number of carboxylic acid groups (broad SMARTS) is 1. The molecular weight excluding hydrogens is 353 g/mol. The van der Waals surface area contributed by atoms with Crippen molar-refractivity contribution >= 4 is 41.3 Å². The number of hydrogen-bond acceptors (Lipinski definition) is 6. The topological polar surface area (TPSA) is 133 Å². The van der Waals surface area contributed by atoms with Gasteiger partial charge < -0.3 is 20.2 Å². The van der Waals surface area contributed by atoms with Crippen LogP contribution in [0.25, 0.3) is 0 Å². The smallest absolute Gasteiger partial charge is 0.469 e. The van der Waals surface area contributed by atoms with Crippen molar-refractivity contribution in [2.24, 2.45) is 0 Å². The zero-order valence-electron chi connectivity index (χ0n) is 11.8. The lowest BCUT2D eigenvalue weighted by atomic mass is 10.1. The van der Waals surface area contributed by atoms with Crippen LogP contribution in [-0.2, 0) is 18.7 Å². The third-order valence-electron chi connectivity index (χ3n) is 2.95. The van der Waals surface area contributed by atoms with Crippen molar-refractivity contribution in [2.75, 3.05) is 12.4 Å². The minimum atomic E-state index is -4.76. The van der Waals surface area contributed by atoms with Crippen molar-refractivity contribution in [3.05, 3.63) is 0 Å². The van der Waals surface area contributed by atoms with E-state index in [2.05, 4.69) is 9.84 Å². The Balaban J connectivity index is 2.21. The molecule has 2 atom stereocenters. The summed E-state index contributed by atoms with van der Waals surface area (Å²) in [4.78, 5) is 39.6. The van der Waals surface area contributed by atoms with E-state index in [1.54, 1.807) is 0 Å². The fourth-order valence-corrected chi connectivity index (χ4v) is 5.21. The molecule has 0 aliphatic carbocycles. The number of carbonyl (C=O) groups is 2. The van der Waals surface area contributed by atoms with Gasteiger partial charge in [-0.05, 0) is 19.3 Å². The van der Waals surface area contributed by atoms with Gasteiger partial charge in [-0.15, -0.1) is 0 Å². The number of unbranched alkanes of at least 4 members (excludes halogenated alkanes) is 1. The number of phosphoric acid groups is 1. The van der Waals surface area contributed by atoms with Crippen LogP contribution in [0.15, 0.2) is 0 Å². The summed E-state index contributed by atoms with van der Waals surface area (Å²) in [7, 11) is -1.03. The van der Waals surface area contributed by atoms with Gasteiger partial charge in [0, 0.05) is 17.4 Å². The number of phosphoric ester groups is 1. The first-order chi connectivity index (χ1) is 10.3. The molecule has 128 valence electrons. The summed E-state index contributed by atoms with van der Waals surface area (Å²) in [5, 5.41) is 11.7. The Morgan fingerprint density at radius 3 is 2.64 bits per heavy atom. The van der Waals surface area contributed by atoms with E-state index in [1.807, 2.05) is 21.6 Å². The summed E-state index contributed by atoms with van der Waals surface area (Å²) in [5.74, 6) is -0.702. The number of carboxylic acids is 1. The van der Waals surface area contributed by atoms with Crippen LogP contribution in [0.3, 0.4) is 0 Å². The highest BCUT2D eigenvalue weighted by molar-refractivity contribution is 8.77. The average molecular weight is 373 g/mol. The number of amides is 1. The van der Waals surface area contributed by atoms with Crippen LogP contribution in [0.1, 0.15) is 32.1 Å². The highest BCUT2D eigenvalue weighted by Crippen LogP contribution is 2.39. The van der Waals surface area contributed by atoms with E-state index in [0.29, 0.717) is 11.7 Å². The predicted molar refractivity (Wildman–Crippen MR) is 84.5 cm³/mol. The van der Waals surface area contributed by atoms with E-state index in [4.69, 9.17) is 14.9 Å². The SMILES string of the molecule is O=C(CCCC[C@@H]1CCSS1)N[C@@H](COP(=O)(O)O)C(=O)O. The second-order valence-corrected chi connectivity index (χ2v) is 8.85. The van der Waals surface area contributed by atoms with Gasteiger partial charge in [-0.1, -0.05) is 28.0 Å². The molecule has 4 N–H and O–H groups in total. The molecule has 1 saturated heterocycles. The lowest BCUT2D eigenvalue weighted by Gasteiger charge is -2.15. The van der Waals surface area contributed by atoms with Crippen LogP contribution in [0.5, 0.6) is 0 Å². The zero-order chi connectivity index (χ0) is 16.6. The molecule has 0 aromatic carbocycles. The van der Waals surface area contributed by atoms with Gasteiger partial charge in [0.05, 0.1) is 6.61 Å². The first kappa shape index (κ1) is 19.8. The van der Waals surface area contributed by atoms with E-state index in [1.165, 1.54) is 6.42 Å². The molecule has 11 heteroatoms.